The minimum Gasteiger partial charge on any atom is -0.381 e. The van der Waals surface area contributed by atoms with Crippen LogP contribution in [0.15, 0.2) is 0 Å². The van der Waals surface area contributed by atoms with Crippen molar-refractivity contribution in [3.05, 3.63) is 17.2 Å². The molecule has 2 rings (SSSR count). The number of rotatable bonds is 3. The van der Waals surface area contributed by atoms with Crippen LogP contribution in [0.1, 0.15) is 36.6 Å². The highest BCUT2D eigenvalue weighted by Gasteiger charge is 2.26. The van der Waals surface area contributed by atoms with E-state index in [1.807, 2.05) is 6.92 Å². The van der Waals surface area contributed by atoms with Gasteiger partial charge < -0.3 is 15.5 Å². The molecule has 15 heavy (non-hydrogen) atoms. The maximum absolute atomic E-state index is 6.16. The largest absolute Gasteiger partial charge is 0.381 e. The number of hydrogen-bond acceptors (Lipinski definition) is 3. The third-order valence-electron chi connectivity index (χ3n) is 3.13. The fraction of sp³-hybridized carbons (Fsp3) is 0.727. The van der Waals surface area contributed by atoms with Crippen molar-refractivity contribution in [3.63, 3.8) is 0 Å². The van der Waals surface area contributed by atoms with Crippen molar-refractivity contribution >= 4 is 0 Å². The van der Waals surface area contributed by atoms with Crippen molar-refractivity contribution in [2.24, 2.45) is 11.7 Å². The van der Waals surface area contributed by atoms with Gasteiger partial charge in [-0.1, -0.05) is 6.92 Å². The van der Waals surface area contributed by atoms with E-state index in [0.29, 0.717) is 5.92 Å². The predicted octanol–water partition coefficient (Wildman–Crippen LogP) is 1.32. The van der Waals surface area contributed by atoms with Crippen molar-refractivity contribution in [1.29, 1.82) is 0 Å². The summed E-state index contributed by atoms with van der Waals surface area (Å²) in [5.41, 5.74) is 8.43. The lowest BCUT2D eigenvalue weighted by Crippen LogP contribution is -2.22. The van der Waals surface area contributed by atoms with Gasteiger partial charge in [0, 0.05) is 18.2 Å². The molecule has 4 heteroatoms. The Hall–Kier alpha value is -0.870. The van der Waals surface area contributed by atoms with E-state index < -0.39 is 0 Å². The fourth-order valence-corrected chi connectivity index (χ4v) is 2.08. The summed E-state index contributed by atoms with van der Waals surface area (Å²) in [6, 6.07) is -0.00787. The van der Waals surface area contributed by atoms with Crippen molar-refractivity contribution in [1.82, 2.24) is 9.97 Å². The topological polar surface area (TPSA) is 63.9 Å². The molecule has 4 nitrogen and oxygen atoms in total. The molecule has 0 aromatic carbocycles. The molecule has 1 aliphatic heterocycles. The maximum Gasteiger partial charge on any atom is 0.123 e. The summed E-state index contributed by atoms with van der Waals surface area (Å²) in [6.45, 7) is 5.76. The first kappa shape index (κ1) is 10.6. The summed E-state index contributed by atoms with van der Waals surface area (Å²) >= 11 is 0. The monoisotopic (exact) mass is 209 g/mol. The molecular formula is C11H19N3O. The van der Waals surface area contributed by atoms with Gasteiger partial charge >= 0.3 is 0 Å². The average Bonchev–Trinajstić information content (AvgIpc) is 2.85. The van der Waals surface area contributed by atoms with Gasteiger partial charge in [-0.15, -0.1) is 0 Å². The number of aromatic nitrogens is 2. The van der Waals surface area contributed by atoms with Crippen molar-refractivity contribution in [2.45, 2.75) is 32.7 Å². The zero-order valence-corrected chi connectivity index (χ0v) is 9.42. The SMILES string of the molecule is CCc1nc(C(N)C2CCOC2)[nH]c1C. The molecule has 0 amide bonds. The summed E-state index contributed by atoms with van der Waals surface area (Å²) < 4.78 is 5.34. The van der Waals surface area contributed by atoms with E-state index in [9.17, 15) is 0 Å². The number of ether oxygens (including phenoxy) is 1. The Kier molecular flexibility index (Phi) is 3.07. The average molecular weight is 209 g/mol. The molecule has 0 bridgehead atoms. The van der Waals surface area contributed by atoms with Crippen LogP contribution in [-0.2, 0) is 11.2 Å². The first-order valence-electron chi connectivity index (χ1n) is 5.61. The third kappa shape index (κ3) is 2.06. The molecule has 2 atom stereocenters. The van der Waals surface area contributed by atoms with Gasteiger partial charge in [-0.2, -0.15) is 0 Å². The summed E-state index contributed by atoms with van der Waals surface area (Å²) in [7, 11) is 0. The molecule has 1 fully saturated rings. The Morgan fingerprint density at radius 2 is 2.47 bits per heavy atom. The second-order valence-electron chi connectivity index (χ2n) is 4.20. The van der Waals surface area contributed by atoms with Gasteiger partial charge in [0.1, 0.15) is 5.82 Å². The lowest BCUT2D eigenvalue weighted by Gasteiger charge is -2.14. The van der Waals surface area contributed by atoms with Crippen LogP contribution in [-0.4, -0.2) is 23.2 Å². The predicted molar refractivity (Wildman–Crippen MR) is 58.6 cm³/mol. The molecule has 3 N–H and O–H groups in total. The Morgan fingerprint density at radius 1 is 1.67 bits per heavy atom. The second kappa shape index (κ2) is 4.33. The van der Waals surface area contributed by atoms with E-state index in [1.165, 1.54) is 0 Å². The summed E-state index contributed by atoms with van der Waals surface area (Å²) in [4.78, 5) is 7.82. The molecule has 84 valence electrons. The standard InChI is InChI=1S/C11H19N3O/c1-3-9-7(2)13-11(14-9)10(12)8-4-5-15-6-8/h8,10H,3-6,12H2,1-2H3,(H,13,14). The highest BCUT2D eigenvalue weighted by atomic mass is 16.5. The van der Waals surface area contributed by atoms with E-state index in [0.717, 1.165) is 43.3 Å². The number of aryl methyl sites for hydroxylation is 2. The molecule has 0 aliphatic carbocycles. The lowest BCUT2D eigenvalue weighted by molar-refractivity contribution is 0.180. The van der Waals surface area contributed by atoms with Crippen LogP contribution in [0.3, 0.4) is 0 Å². The molecule has 1 aromatic rings. The van der Waals surface area contributed by atoms with Gasteiger partial charge in [0.15, 0.2) is 0 Å². The summed E-state index contributed by atoms with van der Waals surface area (Å²) in [5.74, 6) is 1.33. The molecule has 2 unspecified atom stereocenters. The van der Waals surface area contributed by atoms with Crippen LogP contribution in [0.25, 0.3) is 0 Å². The fourth-order valence-electron chi connectivity index (χ4n) is 2.08. The Morgan fingerprint density at radius 3 is 3.00 bits per heavy atom. The van der Waals surface area contributed by atoms with E-state index in [2.05, 4.69) is 16.9 Å². The lowest BCUT2D eigenvalue weighted by atomic mass is 9.99. The van der Waals surface area contributed by atoms with E-state index in [4.69, 9.17) is 10.5 Å². The highest BCUT2D eigenvalue weighted by Crippen LogP contribution is 2.25. The van der Waals surface area contributed by atoms with Gasteiger partial charge in [-0.05, 0) is 19.8 Å². The molecule has 1 aliphatic rings. The number of nitrogens with one attached hydrogen (secondary N) is 1. The van der Waals surface area contributed by atoms with Gasteiger partial charge in [0.05, 0.1) is 18.3 Å². The highest BCUT2D eigenvalue weighted by molar-refractivity contribution is 5.15. The van der Waals surface area contributed by atoms with Crippen molar-refractivity contribution < 1.29 is 4.74 Å². The van der Waals surface area contributed by atoms with Crippen LogP contribution in [0, 0.1) is 12.8 Å². The van der Waals surface area contributed by atoms with Crippen molar-refractivity contribution in [2.75, 3.05) is 13.2 Å². The number of nitrogens with zero attached hydrogens (tertiary/aromatic N) is 1. The normalized spacial score (nSPS) is 23.3. The van der Waals surface area contributed by atoms with Crippen LogP contribution in [0.5, 0.6) is 0 Å². The van der Waals surface area contributed by atoms with E-state index >= 15 is 0 Å². The summed E-state index contributed by atoms with van der Waals surface area (Å²) in [6.07, 6.45) is 2.00. The van der Waals surface area contributed by atoms with Crippen LogP contribution in [0.4, 0.5) is 0 Å². The minimum atomic E-state index is -0.00787. The third-order valence-corrected chi connectivity index (χ3v) is 3.13. The number of nitrogens with two attached hydrogens (primary N) is 1. The van der Waals surface area contributed by atoms with Gasteiger partial charge in [-0.25, -0.2) is 4.98 Å². The summed E-state index contributed by atoms with van der Waals surface area (Å²) in [5, 5.41) is 0. The number of imidazole rings is 1. The first-order chi connectivity index (χ1) is 7.22. The molecule has 1 saturated heterocycles. The van der Waals surface area contributed by atoms with E-state index in [-0.39, 0.29) is 6.04 Å². The quantitative estimate of drug-likeness (QED) is 0.789. The Labute approximate surface area is 90.2 Å². The first-order valence-corrected chi connectivity index (χ1v) is 5.61. The Balaban J connectivity index is 2.13. The van der Waals surface area contributed by atoms with Crippen LogP contribution < -0.4 is 5.73 Å². The van der Waals surface area contributed by atoms with Gasteiger partial charge in [-0.3, -0.25) is 0 Å². The molecule has 0 spiro atoms. The number of hydrogen-bond donors (Lipinski definition) is 2. The molecule has 0 radical (unpaired) electrons. The zero-order chi connectivity index (χ0) is 10.8. The molecular weight excluding hydrogens is 190 g/mol. The number of aromatic amines is 1. The van der Waals surface area contributed by atoms with Gasteiger partial charge in [0.25, 0.3) is 0 Å². The van der Waals surface area contributed by atoms with Crippen LogP contribution >= 0.6 is 0 Å². The maximum atomic E-state index is 6.16. The molecule has 0 saturated carbocycles. The van der Waals surface area contributed by atoms with Gasteiger partial charge in [0.2, 0.25) is 0 Å². The zero-order valence-electron chi connectivity index (χ0n) is 9.42. The molecule has 1 aromatic heterocycles. The van der Waals surface area contributed by atoms with E-state index in [1.54, 1.807) is 0 Å². The van der Waals surface area contributed by atoms with Crippen molar-refractivity contribution in [3.8, 4) is 0 Å². The molecule has 2 heterocycles. The number of H-pyrrole nitrogens is 1. The Bertz CT molecular complexity index is 329. The second-order valence-corrected chi connectivity index (χ2v) is 4.20. The minimum absolute atomic E-state index is 0.00787. The van der Waals surface area contributed by atoms with Crippen LogP contribution in [0.2, 0.25) is 0 Å². The smallest absolute Gasteiger partial charge is 0.123 e.